The number of nitrogens with zero attached hydrogens (tertiary/aromatic N) is 4. The van der Waals surface area contributed by atoms with Crippen LogP contribution in [0.2, 0.25) is 5.15 Å². The molecule has 0 aliphatic rings. The first kappa shape index (κ1) is 16.2. The molecule has 0 unspecified atom stereocenters. The summed E-state index contributed by atoms with van der Waals surface area (Å²) in [5.41, 5.74) is 1.88. The summed E-state index contributed by atoms with van der Waals surface area (Å²) in [7, 11) is 0. The van der Waals surface area contributed by atoms with Crippen LogP contribution in [-0.4, -0.2) is 19.7 Å². The van der Waals surface area contributed by atoms with Gasteiger partial charge in [-0.2, -0.15) is 0 Å². The van der Waals surface area contributed by atoms with Crippen molar-refractivity contribution in [1.82, 2.24) is 19.7 Å². The first-order valence-corrected chi connectivity index (χ1v) is 9.26. The van der Waals surface area contributed by atoms with Crippen molar-refractivity contribution in [3.8, 4) is 11.6 Å². The molecule has 126 valence electrons. The van der Waals surface area contributed by atoms with Crippen LogP contribution in [0, 0.1) is 0 Å². The van der Waals surface area contributed by atoms with Crippen molar-refractivity contribution in [2.45, 2.75) is 24.4 Å². The molecule has 7 heteroatoms. The zero-order valence-corrected chi connectivity index (χ0v) is 15.1. The lowest BCUT2D eigenvalue weighted by atomic mass is 10.2. The standard InChI is InChI=1S/C18H15ClN4OS/c1-2-23-17(15-8-5-9-24-15)21-22-18(23)25-11-13-10-12-6-3-4-7-14(12)20-16(13)19/h3-10H,2,11H2,1H3. The minimum atomic E-state index is 0.528. The molecule has 3 aromatic heterocycles. The van der Waals surface area contributed by atoms with E-state index in [1.807, 2.05) is 41.0 Å². The highest BCUT2D eigenvalue weighted by Gasteiger charge is 2.16. The predicted octanol–water partition coefficient (Wildman–Crippen LogP) is 5.05. The summed E-state index contributed by atoms with van der Waals surface area (Å²) in [6.07, 6.45) is 1.64. The Hall–Kier alpha value is -2.31. The van der Waals surface area contributed by atoms with Crippen molar-refractivity contribution < 1.29 is 4.42 Å². The zero-order chi connectivity index (χ0) is 17.2. The van der Waals surface area contributed by atoms with E-state index in [1.165, 1.54) is 0 Å². The lowest BCUT2D eigenvalue weighted by Gasteiger charge is -2.07. The Labute approximate surface area is 154 Å². The van der Waals surface area contributed by atoms with E-state index in [1.54, 1.807) is 18.0 Å². The maximum Gasteiger partial charge on any atom is 0.200 e. The van der Waals surface area contributed by atoms with E-state index >= 15 is 0 Å². The average molecular weight is 371 g/mol. The van der Waals surface area contributed by atoms with Gasteiger partial charge in [-0.25, -0.2) is 4.98 Å². The molecule has 4 aromatic rings. The van der Waals surface area contributed by atoms with Gasteiger partial charge in [0.2, 0.25) is 0 Å². The number of thioether (sulfide) groups is 1. The molecule has 3 heterocycles. The molecule has 5 nitrogen and oxygen atoms in total. The smallest absolute Gasteiger partial charge is 0.200 e. The van der Waals surface area contributed by atoms with Crippen LogP contribution in [0.4, 0.5) is 0 Å². The van der Waals surface area contributed by atoms with Gasteiger partial charge in [-0.1, -0.05) is 41.6 Å². The number of aromatic nitrogens is 4. The largest absolute Gasteiger partial charge is 0.461 e. The molecule has 0 saturated carbocycles. The summed E-state index contributed by atoms with van der Waals surface area (Å²) in [4.78, 5) is 4.47. The summed E-state index contributed by atoms with van der Waals surface area (Å²) in [6, 6.07) is 13.8. The fraction of sp³-hybridized carbons (Fsp3) is 0.167. The number of hydrogen-bond donors (Lipinski definition) is 0. The van der Waals surface area contributed by atoms with Gasteiger partial charge in [-0.15, -0.1) is 10.2 Å². The Balaban J connectivity index is 1.60. The predicted molar refractivity (Wildman–Crippen MR) is 99.7 cm³/mol. The SMILES string of the molecule is CCn1c(SCc2cc3ccccc3nc2Cl)nnc1-c1ccco1. The van der Waals surface area contributed by atoms with E-state index in [0.717, 1.165) is 34.0 Å². The summed E-state index contributed by atoms with van der Waals surface area (Å²) >= 11 is 7.94. The van der Waals surface area contributed by atoms with Gasteiger partial charge in [0, 0.05) is 23.2 Å². The summed E-state index contributed by atoms with van der Waals surface area (Å²) in [6.45, 7) is 2.82. The van der Waals surface area contributed by atoms with Gasteiger partial charge in [-0.05, 0) is 31.2 Å². The lowest BCUT2D eigenvalue weighted by molar-refractivity contribution is 0.567. The van der Waals surface area contributed by atoms with Gasteiger partial charge in [0.05, 0.1) is 11.8 Å². The second-order valence-electron chi connectivity index (χ2n) is 5.45. The zero-order valence-electron chi connectivity index (χ0n) is 13.5. The second-order valence-corrected chi connectivity index (χ2v) is 6.75. The molecular formula is C18H15ClN4OS. The molecule has 0 fully saturated rings. The molecule has 0 N–H and O–H groups in total. The first-order valence-electron chi connectivity index (χ1n) is 7.90. The highest BCUT2D eigenvalue weighted by atomic mass is 35.5. The summed E-state index contributed by atoms with van der Waals surface area (Å²) in [5, 5.41) is 11.0. The third-order valence-corrected chi connectivity index (χ3v) is 5.22. The molecule has 1 aromatic carbocycles. The molecule has 25 heavy (non-hydrogen) atoms. The van der Waals surface area contributed by atoms with Crippen molar-refractivity contribution >= 4 is 34.3 Å². The average Bonchev–Trinajstić information content (AvgIpc) is 3.28. The van der Waals surface area contributed by atoms with Crippen molar-refractivity contribution in [3.05, 3.63) is 59.4 Å². The molecule has 0 radical (unpaired) electrons. The van der Waals surface area contributed by atoms with Gasteiger partial charge in [0.1, 0.15) is 5.15 Å². The number of pyridine rings is 1. The highest BCUT2D eigenvalue weighted by Crippen LogP contribution is 2.29. The molecule has 0 amide bonds. The number of fused-ring (bicyclic) bond motifs is 1. The molecule has 4 rings (SSSR count). The molecular weight excluding hydrogens is 356 g/mol. The number of benzene rings is 1. The topological polar surface area (TPSA) is 56.7 Å². The summed E-state index contributed by atoms with van der Waals surface area (Å²) in [5.74, 6) is 2.12. The van der Waals surface area contributed by atoms with E-state index in [4.69, 9.17) is 16.0 Å². The van der Waals surface area contributed by atoms with Crippen molar-refractivity contribution in [2.75, 3.05) is 0 Å². The molecule has 0 aliphatic heterocycles. The maximum atomic E-state index is 6.35. The molecule has 0 atom stereocenters. The van der Waals surface area contributed by atoms with Crippen LogP contribution in [0.25, 0.3) is 22.5 Å². The van der Waals surface area contributed by atoms with Crippen LogP contribution >= 0.6 is 23.4 Å². The third kappa shape index (κ3) is 3.15. The quantitative estimate of drug-likeness (QED) is 0.363. The fourth-order valence-electron chi connectivity index (χ4n) is 2.65. The first-order chi connectivity index (χ1) is 12.3. The van der Waals surface area contributed by atoms with Gasteiger partial charge in [0.15, 0.2) is 16.7 Å². The van der Waals surface area contributed by atoms with Crippen LogP contribution in [0.1, 0.15) is 12.5 Å². The molecule has 0 bridgehead atoms. The number of hydrogen-bond acceptors (Lipinski definition) is 5. The second kappa shape index (κ2) is 6.90. The van der Waals surface area contributed by atoms with E-state index in [2.05, 4.69) is 28.2 Å². The maximum absolute atomic E-state index is 6.35. The lowest BCUT2D eigenvalue weighted by Crippen LogP contribution is -1.99. The van der Waals surface area contributed by atoms with Gasteiger partial charge in [-0.3, -0.25) is 4.57 Å². The van der Waals surface area contributed by atoms with Crippen LogP contribution < -0.4 is 0 Å². The van der Waals surface area contributed by atoms with Gasteiger partial charge in [0.25, 0.3) is 0 Å². The molecule has 0 saturated heterocycles. The van der Waals surface area contributed by atoms with Crippen molar-refractivity contribution in [3.63, 3.8) is 0 Å². The number of rotatable bonds is 5. The van der Waals surface area contributed by atoms with E-state index in [-0.39, 0.29) is 0 Å². The Kier molecular flexibility index (Phi) is 4.46. The van der Waals surface area contributed by atoms with Crippen molar-refractivity contribution in [2.24, 2.45) is 0 Å². The van der Waals surface area contributed by atoms with Crippen LogP contribution in [0.5, 0.6) is 0 Å². The highest BCUT2D eigenvalue weighted by molar-refractivity contribution is 7.98. The summed E-state index contributed by atoms with van der Waals surface area (Å²) < 4.78 is 7.48. The number of furan rings is 1. The number of halogens is 1. The van der Waals surface area contributed by atoms with E-state index in [0.29, 0.717) is 16.7 Å². The minimum absolute atomic E-state index is 0.528. The Morgan fingerprint density at radius 2 is 2.04 bits per heavy atom. The van der Waals surface area contributed by atoms with E-state index < -0.39 is 0 Å². The fourth-order valence-corrected chi connectivity index (χ4v) is 3.91. The van der Waals surface area contributed by atoms with E-state index in [9.17, 15) is 0 Å². The van der Waals surface area contributed by atoms with Crippen LogP contribution in [-0.2, 0) is 12.3 Å². The van der Waals surface area contributed by atoms with Crippen LogP contribution in [0.3, 0.4) is 0 Å². The molecule has 0 spiro atoms. The Morgan fingerprint density at radius 3 is 2.84 bits per heavy atom. The number of para-hydroxylation sites is 1. The third-order valence-electron chi connectivity index (χ3n) is 3.88. The Bertz CT molecular complexity index is 1010. The normalized spacial score (nSPS) is 11.3. The van der Waals surface area contributed by atoms with Gasteiger partial charge < -0.3 is 4.42 Å². The van der Waals surface area contributed by atoms with Gasteiger partial charge >= 0.3 is 0 Å². The minimum Gasteiger partial charge on any atom is -0.461 e. The monoisotopic (exact) mass is 370 g/mol. The van der Waals surface area contributed by atoms with Crippen LogP contribution in [0.15, 0.2) is 58.3 Å². The van der Waals surface area contributed by atoms with Crippen molar-refractivity contribution in [1.29, 1.82) is 0 Å². The molecule has 0 aliphatic carbocycles. The Morgan fingerprint density at radius 1 is 1.16 bits per heavy atom.